The van der Waals surface area contributed by atoms with Crippen molar-refractivity contribution in [3.63, 3.8) is 0 Å². The van der Waals surface area contributed by atoms with Crippen molar-refractivity contribution < 1.29 is 14.3 Å². The van der Waals surface area contributed by atoms with Crippen LogP contribution in [0.15, 0.2) is 48.5 Å². The number of benzene rings is 2. The van der Waals surface area contributed by atoms with Crippen molar-refractivity contribution in [1.82, 2.24) is 4.90 Å². The molecule has 0 bridgehead atoms. The first-order valence-electron chi connectivity index (χ1n) is 7.91. The molecule has 6 heteroatoms. The van der Waals surface area contributed by atoms with Gasteiger partial charge in [-0.3, -0.25) is 9.59 Å². The van der Waals surface area contributed by atoms with Crippen molar-refractivity contribution in [2.75, 3.05) is 26.0 Å². The Balaban J connectivity index is 1.83. The Morgan fingerprint density at radius 1 is 1.16 bits per heavy atom. The minimum absolute atomic E-state index is 0.0153. The summed E-state index contributed by atoms with van der Waals surface area (Å²) in [6.07, 6.45) is 0.840. The fourth-order valence-electron chi connectivity index (χ4n) is 2.34. The molecule has 1 N–H and O–H groups in total. The highest BCUT2D eigenvalue weighted by atomic mass is 35.5. The maximum absolute atomic E-state index is 12.2. The Morgan fingerprint density at radius 2 is 1.92 bits per heavy atom. The lowest BCUT2D eigenvalue weighted by atomic mass is 10.1. The van der Waals surface area contributed by atoms with Gasteiger partial charge >= 0.3 is 0 Å². The summed E-state index contributed by atoms with van der Waals surface area (Å²) < 4.78 is 5.11. The second-order valence-corrected chi connectivity index (χ2v) is 6.03. The Bertz CT molecular complexity index is 749. The van der Waals surface area contributed by atoms with E-state index in [1.165, 1.54) is 4.90 Å². The number of halogens is 1. The Kier molecular flexibility index (Phi) is 6.83. The molecule has 0 atom stereocenters. The van der Waals surface area contributed by atoms with Crippen LogP contribution >= 0.6 is 11.6 Å². The number of likely N-dealkylation sites (N-methyl/N-ethyl adjacent to an activating group) is 1. The molecule has 2 aromatic carbocycles. The van der Waals surface area contributed by atoms with Crippen LogP contribution < -0.4 is 10.1 Å². The van der Waals surface area contributed by atoms with Gasteiger partial charge in [-0.2, -0.15) is 0 Å². The van der Waals surface area contributed by atoms with E-state index in [9.17, 15) is 9.59 Å². The van der Waals surface area contributed by atoms with Crippen molar-refractivity contribution in [1.29, 1.82) is 0 Å². The highest BCUT2D eigenvalue weighted by Crippen LogP contribution is 2.18. The van der Waals surface area contributed by atoms with E-state index < -0.39 is 0 Å². The molecule has 0 heterocycles. The summed E-state index contributed by atoms with van der Waals surface area (Å²) >= 11 is 6.09. The van der Waals surface area contributed by atoms with Gasteiger partial charge < -0.3 is 15.0 Å². The van der Waals surface area contributed by atoms with Gasteiger partial charge in [0, 0.05) is 30.2 Å². The summed E-state index contributed by atoms with van der Waals surface area (Å²) in [5.41, 5.74) is 1.55. The minimum atomic E-state index is -0.262. The van der Waals surface area contributed by atoms with E-state index in [-0.39, 0.29) is 18.4 Å². The van der Waals surface area contributed by atoms with Crippen LogP contribution in [-0.2, 0) is 16.0 Å². The maximum atomic E-state index is 12.2. The molecule has 132 valence electrons. The van der Waals surface area contributed by atoms with Gasteiger partial charge in [-0.25, -0.2) is 0 Å². The van der Waals surface area contributed by atoms with Crippen molar-refractivity contribution in [3.8, 4) is 5.75 Å². The van der Waals surface area contributed by atoms with Crippen LogP contribution in [0.3, 0.4) is 0 Å². The van der Waals surface area contributed by atoms with Crippen LogP contribution in [0.25, 0.3) is 0 Å². The molecular weight excluding hydrogens is 340 g/mol. The Hall–Kier alpha value is -2.53. The van der Waals surface area contributed by atoms with Gasteiger partial charge in [0.05, 0.1) is 13.7 Å². The van der Waals surface area contributed by atoms with Crippen molar-refractivity contribution in [2.45, 2.75) is 12.8 Å². The molecule has 0 radical (unpaired) electrons. The number of ether oxygens (including phenoxy) is 1. The average Bonchev–Trinajstić information content (AvgIpc) is 2.60. The molecule has 0 spiro atoms. The Morgan fingerprint density at radius 3 is 2.64 bits per heavy atom. The van der Waals surface area contributed by atoms with E-state index in [2.05, 4.69) is 5.32 Å². The number of carbonyl (C=O) groups excluding carboxylic acids is 2. The molecule has 0 aromatic heterocycles. The van der Waals surface area contributed by atoms with Gasteiger partial charge in [-0.1, -0.05) is 35.9 Å². The molecule has 0 aliphatic heterocycles. The molecule has 2 aromatic rings. The number of methoxy groups -OCH3 is 1. The SMILES string of the molecule is COc1cccc(NC(=O)CN(C)C(=O)CCc2ccccc2Cl)c1. The Labute approximate surface area is 152 Å². The van der Waals surface area contributed by atoms with Gasteiger partial charge in [0.15, 0.2) is 0 Å². The van der Waals surface area contributed by atoms with Crippen LogP contribution in [0.5, 0.6) is 5.75 Å². The van der Waals surface area contributed by atoms with Gasteiger partial charge in [0.2, 0.25) is 11.8 Å². The lowest BCUT2D eigenvalue weighted by Gasteiger charge is -2.17. The molecule has 0 aliphatic carbocycles. The highest BCUT2D eigenvalue weighted by molar-refractivity contribution is 6.31. The predicted molar refractivity (Wildman–Crippen MR) is 99.0 cm³/mol. The molecule has 2 rings (SSSR count). The van der Waals surface area contributed by atoms with E-state index in [4.69, 9.17) is 16.3 Å². The third kappa shape index (κ3) is 5.80. The normalized spacial score (nSPS) is 10.2. The summed E-state index contributed by atoms with van der Waals surface area (Å²) in [7, 11) is 3.17. The fraction of sp³-hybridized carbons (Fsp3) is 0.263. The summed E-state index contributed by atoms with van der Waals surface area (Å²) in [5.74, 6) is 0.282. The van der Waals surface area contributed by atoms with Crippen molar-refractivity contribution in [2.24, 2.45) is 0 Å². The van der Waals surface area contributed by atoms with Crippen LogP contribution in [0.4, 0.5) is 5.69 Å². The molecule has 0 unspecified atom stereocenters. The molecule has 5 nitrogen and oxygen atoms in total. The van der Waals surface area contributed by atoms with E-state index >= 15 is 0 Å². The molecule has 0 fully saturated rings. The van der Waals surface area contributed by atoms with Crippen LogP contribution in [0, 0.1) is 0 Å². The molecular formula is C19H21ClN2O3. The van der Waals surface area contributed by atoms with Crippen LogP contribution in [0.1, 0.15) is 12.0 Å². The van der Waals surface area contributed by atoms with Crippen molar-refractivity contribution >= 4 is 29.1 Å². The lowest BCUT2D eigenvalue weighted by Crippen LogP contribution is -2.35. The summed E-state index contributed by atoms with van der Waals surface area (Å²) in [4.78, 5) is 25.7. The van der Waals surface area contributed by atoms with E-state index in [0.717, 1.165) is 5.56 Å². The number of hydrogen-bond acceptors (Lipinski definition) is 3. The first-order valence-corrected chi connectivity index (χ1v) is 8.28. The summed E-state index contributed by atoms with van der Waals surface area (Å²) in [6, 6.07) is 14.5. The predicted octanol–water partition coefficient (Wildman–Crippen LogP) is 3.38. The molecule has 25 heavy (non-hydrogen) atoms. The number of nitrogens with one attached hydrogen (secondary N) is 1. The summed E-state index contributed by atoms with van der Waals surface area (Å²) in [5, 5.41) is 3.40. The van der Waals surface area contributed by atoms with Crippen LogP contribution in [0.2, 0.25) is 5.02 Å². The number of anilines is 1. The minimum Gasteiger partial charge on any atom is -0.497 e. The molecule has 0 saturated heterocycles. The number of aryl methyl sites for hydroxylation is 1. The third-order valence-electron chi connectivity index (χ3n) is 3.73. The van der Waals surface area contributed by atoms with Gasteiger partial charge in [0.25, 0.3) is 0 Å². The zero-order chi connectivity index (χ0) is 18.2. The van der Waals surface area contributed by atoms with Gasteiger partial charge in [-0.05, 0) is 30.2 Å². The number of hydrogen-bond donors (Lipinski definition) is 1. The lowest BCUT2D eigenvalue weighted by molar-refractivity contribution is -0.133. The average molecular weight is 361 g/mol. The quantitative estimate of drug-likeness (QED) is 0.823. The maximum Gasteiger partial charge on any atom is 0.243 e. The summed E-state index contributed by atoms with van der Waals surface area (Å²) in [6.45, 7) is -0.0153. The van der Waals surface area contributed by atoms with E-state index in [1.54, 1.807) is 44.5 Å². The second kappa shape index (κ2) is 9.08. The molecule has 2 amide bonds. The van der Waals surface area contributed by atoms with Gasteiger partial charge in [0.1, 0.15) is 5.75 Å². The van der Waals surface area contributed by atoms with E-state index in [1.807, 2.05) is 18.2 Å². The highest BCUT2D eigenvalue weighted by Gasteiger charge is 2.14. The first-order chi connectivity index (χ1) is 12.0. The number of amides is 2. The molecule has 0 aliphatic rings. The molecule has 0 saturated carbocycles. The zero-order valence-electron chi connectivity index (χ0n) is 14.3. The zero-order valence-corrected chi connectivity index (χ0v) is 15.0. The van der Waals surface area contributed by atoms with Gasteiger partial charge in [-0.15, -0.1) is 0 Å². The smallest absolute Gasteiger partial charge is 0.243 e. The monoisotopic (exact) mass is 360 g/mol. The topological polar surface area (TPSA) is 58.6 Å². The second-order valence-electron chi connectivity index (χ2n) is 5.62. The third-order valence-corrected chi connectivity index (χ3v) is 4.09. The number of nitrogens with zero attached hydrogens (tertiary/aromatic N) is 1. The number of carbonyl (C=O) groups is 2. The standard InChI is InChI=1S/C19H21ClN2O3/c1-22(19(24)11-10-14-6-3-4-9-17(14)20)13-18(23)21-15-7-5-8-16(12-15)25-2/h3-9,12H,10-11,13H2,1-2H3,(H,21,23). The largest absolute Gasteiger partial charge is 0.497 e. The number of rotatable bonds is 7. The first kappa shape index (κ1) is 18.8. The fourth-order valence-corrected chi connectivity index (χ4v) is 2.57. The van der Waals surface area contributed by atoms with Crippen LogP contribution in [-0.4, -0.2) is 37.4 Å². The van der Waals surface area contributed by atoms with Crippen molar-refractivity contribution in [3.05, 3.63) is 59.1 Å². The van der Waals surface area contributed by atoms with E-state index in [0.29, 0.717) is 29.3 Å².